The van der Waals surface area contributed by atoms with Crippen molar-refractivity contribution in [2.45, 2.75) is 6.42 Å². The molecule has 0 bridgehead atoms. The molecule has 0 spiro atoms. The number of amides is 1. The molecular formula is C18H15ClFN3O3. The largest absolute Gasteiger partial charge is 0.497 e. The molecule has 0 unspecified atom stereocenters. The van der Waals surface area contributed by atoms with E-state index in [2.05, 4.69) is 15.5 Å². The van der Waals surface area contributed by atoms with Crippen LogP contribution in [-0.2, 0) is 6.42 Å². The summed E-state index contributed by atoms with van der Waals surface area (Å²) in [7, 11) is 1.59. The molecule has 0 fully saturated rings. The van der Waals surface area contributed by atoms with Crippen molar-refractivity contribution in [3.63, 3.8) is 0 Å². The highest BCUT2D eigenvalue weighted by Crippen LogP contribution is 2.21. The van der Waals surface area contributed by atoms with Gasteiger partial charge in [0.1, 0.15) is 11.6 Å². The predicted molar refractivity (Wildman–Crippen MR) is 93.7 cm³/mol. The number of carbonyl (C=O) groups excluding carboxylic acids is 1. The SMILES string of the molecule is COc1ccc(-c2nnc(CCNC(=O)c3c(F)cccc3Cl)o2)cc1. The molecule has 0 saturated carbocycles. The minimum absolute atomic E-state index is 0.0575. The Morgan fingerprint density at radius 1 is 1.23 bits per heavy atom. The Morgan fingerprint density at radius 3 is 2.69 bits per heavy atom. The average Bonchev–Trinajstić information content (AvgIpc) is 3.10. The van der Waals surface area contributed by atoms with E-state index in [0.29, 0.717) is 18.2 Å². The summed E-state index contributed by atoms with van der Waals surface area (Å²) in [6.45, 7) is 0.202. The van der Waals surface area contributed by atoms with Crippen molar-refractivity contribution in [1.29, 1.82) is 0 Å². The summed E-state index contributed by atoms with van der Waals surface area (Å²) in [6.07, 6.45) is 0.307. The number of nitrogens with zero attached hydrogens (tertiary/aromatic N) is 2. The number of halogens is 2. The van der Waals surface area contributed by atoms with Crippen molar-refractivity contribution in [3.05, 3.63) is 64.8 Å². The number of methoxy groups -OCH3 is 1. The molecule has 0 aliphatic heterocycles. The van der Waals surface area contributed by atoms with Crippen LogP contribution < -0.4 is 10.1 Å². The topological polar surface area (TPSA) is 77.3 Å². The van der Waals surface area contributed by atoms with Gasteiger partial charge in [-0.25, -0.2) is 4.39 Å². The van der Waals surface area contributed by atoms with Gasteiger partial charge in [-0.1, -0.05) is 17.7 Å². The zero-order valence-electron chi connectivity index (χ0n) is 13.8. The van der Waals surface area contributed by atoms with E-state index >= 15 is 0 Å². The van der Waals surface area contributed by atoms with Gasteiger partial charge < -0.3 is 14.5 Å². The van der Waals surface area contributed by atoms with Crippen LogP contribution in [0.1, 0.15) is 16.2 Å². The first-order chi connectivity index (χ1) is 12.6. The van der Waals surface area contributed by atoms with Gasteiger partial charge in [0, 0.05) is 18.5 Å². The lowest BCUT2D eigenvalue weighted by Crippen LogP contribution is -2.27. The van der Waals surface area contributed by atoms with Gasteiger partial charge in [-0.05, 0) is 36.4 Å². The zero-order valence-corrected chi connectivity index (χ0v) is 14.6. The number of benzene rings is 2. The molecule has 0 aliphatic rings. The minimum atomic E-state index is -0.672. The van der Waals surface area contributed by atoms with Crippen molar-refractivity contribution >= 4 is 17.5 Å². The van der Waals surface area contributed by atoms with Gasteiger partial charge in [-0.15, -0.1) is 10.2 Å². The Morgan fingerprint density at radius 2 is 2.00 bits per heavy atom. The van der Waals surface area contributed by atoms with Crippen LogP contribution in [-0.4, -0.2) is 29.8 Å². The quantitative estimate of drug-likeness (QED) is 0.713. The van der Waals surface area contributed by atoms with E-state index in [1.165, 1.54) is 18.2 Å². The molecule has 8 heteroatoms. The molecule has 0 aliphatic carbocycles. The normalized spacial score (nSPS) is 10.6. The van der Waals surface area contributed by atoms with Gasteiger partial charge in [-0.3, -0.25) is 4.79 Å². The van der Waals surface area contributed by atoms with Gasteiger partial charge >= 0.3 is 0 Å². The number of hydrogen-bond acceptors (Lipinski definition) is 5. The molecule has 1 aromatic heterocycles. The lowest BCUT2D eigenvalue weighted by atomic mass is 10.2. The summed E-state index contributed by atoms with van der Waals surface area (Å²) in [5.74, 6) is 0.183. The van der Waals surface area contributed by atoms with Crippen LogP contribution in [0, 0.1) is 5.82 Å². The number of nitrogens with one attached hydrogen (secondary N) is 1. The lowest BCUT2D eigenvalue weighted by Gasteiger charge is -2.06. The van der Waals surface area contributed by atoms with Crippen LogP contribution in [0.2, 0.25) is 5.02 Å². The Labute approximate surface area is 154 Å². The maximum absolute atomic E-state index is 13.7. The Kier molecular flexibility index (Phi) is 5.48. The molecule has 0 atom stereocenters. The molecule has 0 radical (unpaired) electrons. The second kappa shape index (κ2) is 7.97. The van der Waals surface area contributed by atoms with Crippen molar-refractivity contribution in [2.24, 2.45) is 0 Å². The third kappa shape index (κ3) is 4.00. The maximum Gasteiger partial charge on any atom is 0.255 e. The molecule has 3 rings (SSSR count). The predicted octanol–water partition coefficient (Wildman–Crippen LogP) is 3.51. The van der Waals surface area contributed by atoms with Crippen molar-refractivity contribution in [3.8, 4) is 17.2 Å². The fraction of sp³-hybridized carbons (Fsp3) is 0.167. The molecule has 2 aromatic carbocycles. The second-order valence-corrected chi connectivity index (χ2v) is 5.74. The van der Waals surface area contributed by atoms with E-state index < -0.39 is 11.7 Å². The number of ether oxygens (including phenoxy) is 1. The van der Waals surface area contributed by atoms with Crippen LogP contribution in [0.5, 0.6) is 5.75 Å². The standard InChI is InChI=1S/C18H15ClFN3O3/c1-25-12-7-5-11(6-8-12)18-23-22-15(26-18)9-10-21-17(24)16-13(19)3-2-4-14(16)20/h2-8H,9-10H2,1H3,(H,21,24). The summed E-state index contributed by atoms with van der Waals surface area (Å²) in [5, 5.41) is 10.6. The van der Waals surface area contributed by atoms with E-state index in [4.69, 9.17) is 20.8 Å². The van der Waals surface area contributed by atoms with Gasteiger partial charge in [0.25, 0.3) is 5.91 Å². The van der Waals surface area contributed by atoms with E-state index in [9.17, 15) is 9.18 Å². The van der Waals surface area contributed by atoms with Crippen LogP contribution in [0.25, 0.3) is 11.5 Å². The minimum Gasteiger partial charge on any atom is -0.497 e. The highest BCUT2D eigenvalue weighted by Gasteiger charge is 2.16. The summed E-state index contributed by atoms with van der Waals surface area (Å²) in [5.41, 5.74) is 0.574. The molecular weight excluding hydrogens is 361 g/mol. The first-order valence-corrected chi connectivity index (χ1v) is 8.15. The smallest absolute Gasteiger partial charge is 0.255 e. The fourth-order valence-corrected chi connectivity index (χ4v) is 2.54. The van der Waals surface area contributed by atoms with Crippen molar-refractivity contribution < 1.29 is 18.3 Å². The Hall–Kier alpha value is -2.93. The molecule has 6 nitrogen and oxygen atoms in total. The maximum atomic E-state index is 13.7. The number of rotatable bonds is 6. The highest BCUT2D eigenvalue weighted by atomic mass is 35.5. The van der Waals surface area contributed by atoms with Crippen molar-refractivity contribution in [1.82, 2.24) is 15.5 Å². The molecule has 134 valence electrons. The summed E-state index contributed by atoms with van der Waals surface area (Å²) in [4.78, 5) is 12.0. The fourth-order valence-electron chi connectivity index (χ4n) is 2.29. The lowest BCUT2D eigenvalue weighted by molar-refractivity contribution is 0.0950. The van der Waals surface area contributed by atoms with E-state index in [0.717, 1.165) is 11.3 Å². The number of aromatic nitrogens is 2. The molecule has 0 saturated heterocycles. The summed E-state index contributed by atoms with van der Waals surface area (Å²) in [6, 6.07) is 11.3. The Balaban J connectivity index is 1.59. The monoisotopic (exact) mass is 375 g/mol. The molecule has 1 heterocycles. The third-order valence-corrected chi connectivity index (χ3v) is 3.93. The second-order valence-electron chi connectivity index (χ2n) is 5.33. The van der Waals surface area contributed by atoms with Crippen LogP contribution >= 0.6 is 11.6 Å². The van der Waals surface area contributed by atoms with Crippen LogP contribution in [0.15, 0.2) is 46.9 Å². The van der Waals surface area contributed by atoms with E-state index in [-0.39, 0.29) is 17.1 Å². The first-order valence-electron chi connectivity index (χ1n) is 7.77. The molecule has 1 amide bonds. The third-order valence-electron chi connectivity index (χ3n) is 3.62. The first kappa shape index (κ1) is 17.9. The van der Waals surface area contributed by atoms with Gasteiger partial charge in [0.2, 0.25) is 11.8 Å². The van der Waals surface area contributed by atoms with E-state index in [1.54, 1.807) is 31.4 Å². The van der Waals surface area contributed by atoms with Crippen LogP contribution in [0.4, 0.5) is 4.39 Å². The highest BCUT2D eigenvalue weighted by molar-refractivity contribution is 6.33. The number of carbonyl (C=O) groups is 1. The zero-order chi connectivity index (χ0) is 18.5. The summed E-state index contributed by atoms with van der Waals surface area (Å²) < 4.78 is 24.4. The van der Waals surface area contributed by atoms with E-state index in [1.807, 2.05) is 0 Å². The molecule has 1 N–H and O–H groups in total. The van der Waals surface area contributed by atoms with Gasteiger partial charge in [0.15, 0.2) is 0 Å². The van der Waals surface area contributed by atoms with Crippen LogP contribution in [0.3, 0.4) is 0 Å². The number of hydrogen-bond donors (Lipinski definition) is 1. The summed E-state index contributed by atoms with van der Waals surface area (Å²) >= 11 is 5.86. The van der Waals surface area contributed by atoms with Gasteiger partial charge in [-0.2, -0.15) is 0 Å². The molecule has 26 heavy (non-hydrogen) atoms. The molecule has 3 aromatic rings. The average molecular weight is 376 g/mol. The van der Waals surface area contributed by atoms with Gasteiger partial charge in [0.05, 0.1) is 17.7 Å². The Bertz CT molecular complexity index is 892. The van der Waals surface area contributed by atoms with Crippen molar-refractivity contribution in [2.75, 3.05) is 13.7 Å².